The lowest BCUT2D eigenvalue weighted by atomic mass is 10.2. The molecular weight excluding hydrogens is 122 g/mol. The first-order valence-electron chi connectivity index (χ1n) is 4.58. The molecule has 1 nitrogen and oxygen atoms in total. The Morgan fingerprint density at radius 3 is 2.40 bits per heavy atom. The molecule has 1 fully saturated rings. The van der Waals surface area contributed by atoms with Crippen LogP contribution in [0, 0.1) is 0 Å². The number of unbranched alkanes of at least 4 members (excludes halogenated alkanes) is 1. The average Bonchev–Trinajstić information content (AvgIpc) is 2.70. The predicted molar refractivity (Wildman–Crippen MR) is 45.2 cm³/mol. The van der Waals surface area contributed by atoms with E-state index in [0.29, 0.717) is 5.54 Å². The van der Waals surface area contributed by atoms with Crippen LogP contribution in [0.15, 0.2) is 0 Å². The molecule has 60 valence electrons. The molecular formula is C9H19N. The quantitative estimate of drug-likeness (QED) is 0.579. The molecule has 1 N–H and O–H groups in total. The second kappa shape index (κ2) is 3.38. The minimum atomic E-state index is 0.592. The Morgan fingerprint density at radius 1 is 1.30 bits per heavy atom. The summed E-state index contributed by atoms with van der Waals surface area (Å²) in [6.07, 6.45) is 6.78. The van der Waals surface area contributed by atoms with Gasteiger partial charge in [0.25, 0.3) is 0 Å². The Balaban J connectivity index is 2.01. The normalized spacial score (nSPS) is 21.0. The molecule has 10 heavy (non-hydrogen) atoms. The molecule has 0 heterocycles. The van der Waals surface area contributed by atoms with Gasteiger partial charge in [-0.15, -0.1) is 0 Å². The first-order chi connectivity index (χ1) is 4.83. The van der Waals surface area contributed by atoms with Crippen molar-refractivity contribution in [2.45, 2.75) is 51.5 Å². The van der Waals surface area contributed by atoms with Gasteiger partial charge in [0.05, 0.1) is 0 Å². The number of hydrogen-bond acceptors (Lipinski definition) is 1. The maximum Gasteiger partial charge on any atom is 0.0180 e. The molecule has 0 radical (unpaired) electrons. The van der Waals surface area contributed by atoms with Gasteiger partial charge in [0.2, 0.25) is 0 Å². The summed E-state index contributed by atoms with van der Waals surface area (Å²) in [7, 11) is 0. The van der Waals surface area contributed by atoms with Crippen molar-refractivity contribution in [2.24, 2.45) is 0 Å². The molecule has 0 unspecified atom stereocenters. The first-order valence-corrected chi connectivity index (χ1v) is 4.58. The van der Waals surface area contributed by atoms with Gasteiger partial charge in [-0.25, -0.2) is 0 Å². The monoisotopic (exact) mass is 141 g/mol. The van der Waals surface area contributed by atoms with E-state index in [0.717, 1.165) is 0 Å². The highest BCUT2D eigenvalue weighted by Gasteiger charge is 2.39. The minimum Gasteiger partial charge on any atom is -0.311 e. The van der Waals surface area contributed by atoms with E-state index in [1.165, 1.54) is 38.6 Å². The third kappa shape index (κ3) is 1.98. The molecule has 1 rings (SSSR count). The number of nitrogens with one attached hydrogen (secondary N) is 1. The number of hydrogen-bond donors (Lipinski definition) is 1. The lowest BCUT2D eigenvalue weighted by Gasteiger charge is -2.13. The molecule has 0 aliphatic heterocycles. The van der Waals surface area contributed by atoms with Crippen LogP contribution in [0.25, 0.3) is 0 Å². The lowest BCUT2D eigenvalue weighted by molar-refractivity contribution is 0.475. The van der Waals surface area contributed by atoms with Crippen molar-refractivity contribution in [3.8, 4) is 0 Å². The Morgan fingerprint density at radius 2 is 2.00 bits per heavy atom. The van der Waals surface area contributed by atoms with Crippen LogP contribution in [-0.4, -0.2) is 12.1 Å². The molecule has 0 aromatic heterocycles. The van der Waals surface area contributed by atoms with Crippen molar-refractivity contribution in [3.05, 3.63) is 0 Å². The second-order valence-corrected chi connectivity index (χ2v) is 3.41. The van der Waals surface area contributed by atoms with Crippen LogP contribution in [0.5, 0.6) is 0 Å². The van der Waals surface area contributed by atoms with Crippen LogP contribution in [0.3, 0.4) is 0 Å². The third-order valence-corrected chi connectivity index (χ3v) is 2.56. The van der Waals surface area contributed by atoms with Gasteiger partial charge in [-0.3, -0.25) is 0 Å². The Labute approximate surface area is 64.2 Å². The lowest BCUT2D eigenvalue weighted by Crippen LogP contribution is -2.31. The summed E-state index contributed by atoms with van der Waals surface area (Å²) in [5.41, 5.74) is 0.592. The van der Waals surface area contributed by atoms with Crippen molar-refractivity contribution in [1.82, 2.24) is 5.32 Å². The molecule has 1 saturated carbocycles. The number of rotatable bonds is 5. The smallest absolute Gasteiger partial charge is 0.0180 e. The van der Waals surface area contributed by atoms with Crippen LogP contribution < -0.4 is 5.32 Å². The molecule has 0 aromatic rings. The summed E-state index contributed by atoms with van der Waals surface area (Å²) in [5, 5.41) is 3.62. The molecule has 1 heteroatoms. The predicted octanol–water partition coefficient (Wildman–Crippen LogP) is 2.32. The van der Waals surface area contributed by atoms with Crippen molar-refractivity contribution >= 4 is 0 Å². The Kier molecular flexibility index (Phi) is 2.72. The highest BCUT2D eigenvalue weighted by Crippen LogP contribution is 2.38. The molecule has 0 atom stereocenters. The molecule has 0 saturated heterocycles. The van der Waals surface area contributed by atoms with Gasteiger partial charge >= 0.3 is 0 Å². The zero-order valence-electron chi connectivity index (χ0n) is 7.24. The van der Waals surface area contributed by atoms with Crippen LogP contribution >= 0.6 is 0 Å². The summed E-state index contributed by atoms with van der Waals surface area (Å²) in [4.78, 5) is 0. The fourth-order valence-electron chi connectivity index (χ4n) is 1.34. The van der Waals surface area contributed by atoms with Crippen molar-refractivity contribution in [3.63, 3.8) is 0 Å². The Bertz CT molecular complexity index is 94.9. The summed E-state index contributed by atoms with van der Waals surface area (Å²) in [6, 6.07) is 0. The highest BCUT2D eigenvalue weighted by atomic mass is 15.0. The van der Waals surface area contributed by atoms with Crippen molar-refractivity contribution < 1.29 is 0 Å². The van der Waals surface area contributed by atoms with Crippen LogP contribution in [-0.2, 0) is 0 Å². The SMILES string of the molecule is CCCCNC1(CC)CC1. The van der Waals surface area contributed by atoms with Gasteiger partial charge in [0.1, 0.15) is 0 Å². The van der Waals surface area contributed by atoms with Gasteiger partial charge in [-0.2, -0.15) is 0 Å². The summed E-state index contributed by atoms with van der Waals surface area (Å²) >= 11 is 0. The van der Waals surface area contributed by atoms with Gasteiger partial charge < -0.3 is 5.32 Å². The van der Waals surface area contributed by atoms with Gasteiger partial charge in [-0.05, 0) is 32.2 Å². The molecule has 1 aliphatic rings. The molecule has 0 amide bonds. The maximum atomic E-state index is 3.62. The second-order valence-electron chi connectivity index (χ2n) is 3.41. The molecule has 0 aromatic carbocycles. The van der Waals surface area contributed by atoms with Gasteiger partial charge in [0, 0.05) is 5.54 Å². The topological polar surface area (TPSA) is 12.0 Å². The average molecular weight is 141 g/mol. The van der Waals surface area contributed by atoms with Gasteiger partial charge in [0.15, 0.2) is 0 Å². The molecule has 0 spiro atoms. The van der Waals surface area contributed by atoms with Gasteiger partial charge in [-0.1, -0.05) is 20.3 Å². The van der Waals surface area contributed by atoms with Crippen LogP contribution in [0.1, 0.15) is 46.0 Å². The summed E-state index contributed by atoms with van der Waals surface area (Å²) < 4.78 is 0. The zero-order valence-corrected chi connectivity index (χ0v) is 7.24. The molecule has 0 bridgehead atoms. The largest absolute Gasteiger partial charge is 0.311 e. The van der Waals surface area contributed by atoms with Crippen LogP contribution in [0.4, 0.5) is 0 Å². The fraction of sp³-hybridized carbons (Fsp3) is 1.00. The fourth-order valence-corrected chi connectivity index (χ4v) is 1.34. The Hall–Kier alpha value is -0.0400. The van der Waals surface area contributed by atoms with E-state index in [-0.39, 0.29) is 0 Å². The third-order valence-electron chi connectivity index (χ3n) is 2.56. The van der Waals surface area contributed by atoms with E-state index in [1.54, 1.807) is 0 Å². The van der Waals surface area contributed by atoms with E-state index >= 15 is 0 Å². The van der Waals surface area contributed by atoms with E-state index in [1.807, 2.05) is 0 Å². The van der Waals surface area contributed by atoms with Crippen LogP contribution in [0.2, 0.25) is 0 Å². The van der Waals surface area contributed by atoms with Crippen molar-refractivity contribution in [1.29, 1.82) is 0 Å². The zero-order chi connectivity index (χ0) is 7.45. The minimum absolute atomic E-state index is 0.592. The van der Waals surface area contributed by atoms with E-state index in [9.17, 15) is 0 Å². The van der Waals surface area contributed by atoms with E-state index in [4.69, 9.17) is 0 Å². The highest BCUT2D eigenvalue weighted by molar-refractivity contribution is 5.00. The summed E-state index contributed by atoms with van der Waals surface area (Å²) in [6.45, 7) is 5.75. The first kappa shape index (κ1) is 8.06. The maximum absolute atomic E-state index is 3.62. The van der Waals surface area contributed by atoms with E-state index < -0.39 is 0 Å². The molecule has 1 aliphatic carbocycles. The van der Waals surface area contributed by atoms with E-state index in [2.05, 4.69) is 19.2 Å². The van der Waals surface area contributed by atoms with Crippen molar-refractivity contribution in [2.75, 3.05) is 6.54 Å². The standard InChI is InChI=1S/C9H19N/c1-3-5-8-10-9(4-2)6-7-9/h10H,3-8H2,1-2H3. The summed E-state index contributed by atoms with van der Waals surface area (Å²) in [5.74, 6) is 0.